The maximum absolute atomic E-state index is 13.4. The first-order valence-electron chi connectivity index (χ1n) is 10.1. The van der Waals surface area contributed by atoms with E-state index >= 15 is 0 Å². The monoisotopic (exact) mass is 412 g/mol. The van der Waals surface area contributed by atoms with E-state index in [1.54, 1.807) is 46.0 Å². The lowest BCUT2D eigenvalue weighted by Crippen LogP contribution is -2.53. The number of fused-ring (bicyclic) bond motifs is 1. The SMILES string of the molecule is CCOC(=O)N1CCN(C(=O)C2CN(C(=O)c3ccco3)Cc3cccnc32)CC1. The van der Waals surface area contributed by atoms with Crippen molar-refractivity contribution in [2.45, 2.75) is 19.4 Å². The van der Waals surface area contributed by atoms with Crippen molar-refractivity contribution in [1.82, 2.24) is 19.7 Å². The number of carbonyl (C=O) groups excluding carboxylic acids is 3. The van der Waals surface area contributed by atoms with E-state index < -0.39 is 5.92 Å². The summed E-state index contributed by atoms with van der Waals surface area (Å²) >= 11 is 0. The Morgan fingerprint density at radius 2 is 1.87 bits per heavy atom. The maximum Gasteiger partial charge on any atom is 0.409 e. The average Bonchev–Trinajstić information content (AvgIpc) is 3.32. The molecular weight excluding hydrogens is 388 g/mol. The quantitative estimate of drug-likeness (QED) is 0.762. The summed E-state index contributed by atoms with van der Waals surface area (Å²) in [5.74, 6) is -0.644. The van der Waals surface area contributed by atoms with Gasteiger partial charge < -0.3 is 23.9 Å². The van der Waals surface area contributed by atoms with Gasteiger partial charge in [0.15, 0.2) is 5.76 Å². The lowest BCUT2D eigenvalue weighted by Gasteiger charge is -2.38. The van der Waals surface area contributed by atoms with Gasteiger partial charge in [-0.2, -0.15) is 0 Å². The molecule has 2 aliphatic rings. The smallest absolute Gasteiger partial charge is 0.409 e. The molecule has 4 heterocycles. The van der Waals surface area contributed by atoms with Crippen LogP contribution < -0.4 is 0 Å². The van der Waals surface area contributed by atoms with Crippen molar-refractivity contribution in [2.24, 2.45) is 0 Å². The van der Waals surface area contributed by atoms with Crippen LogP contribution in [0.3, 0.4) is 0 Å². The van der Waals surface area contributed by atoms with E-state index in [1.807, 2.05) is 6.07 Å². The predicted octanol–water partition coefficient (Wildman–Crippen LogP) is 1.71. The molecule has 158 valence electrons. The van der Waals surface area contributed by atoms with Gasteiger partial charge in [-0.05, 0) is 30.7 Å². The highest BCUT2D eigenvalue weighted by Gasteiger charge is 2.38. The lowest BCUT2D eigenvalue weighted by molar-refractivity contribution is -0.135. The fraction of sp³-hybridized carbons (Fsp3) is 0.429. The molecule has 0 aromatic carbocycles. The molecule has 1 unspecified atom stereocenters. The van der Waals surface area contributed by atoms with Gasteiger partial charge in [0.2, 0.25) is 5.91 Å². The topological polar surface area (TPSA) is 96.2 Å². The van der Waals surface area contributed by atoms with E-state index in [4.69, 9.17) is 9.15 Å². The summed E-state index contributed by atoms with van der Waals surface area (Å²) in [6.45, 7) is 4.38. The second-order valence-electron chi connectivity index (χ2n) is 7.27. The highest BCUT2D eigenvalue weighted by Crippen LogP contribution is 2.29. The van der Waals surface area contributed by atoms with E-state index in [0.717, 1.165) is 5.56 Å². The zero-order valence-electron chi connectivity index (χ0n) is 16.8. The molecule has 9 heteroatoms. The van der Waals surface area contributed by atoms with Gasteiger partial charge >= 0.3 is 6.09 Å². The Morgan fingerprint density at radius 1 is 1.10 bits per heavy atom. The number of rotatable bonds is 3. The third-order valence-electron chi connectivity index (χ3n) is 5.45. The molecule has 30 heavy (non-hydrogen) atoms. The largest absolute Gasteiger partial charge is 0.459 e. The van der Waals surface area contributed by atoms with E-state index in [-0.39, 0.29) is 30.2 Å². The lowest BCUT2D eigenvalue weighted by atomic mass is 9.93. The first kappa shape index (κ1) is 19.9. The number of aromatic nitrogens is 1. The molecule has 2 aromatic heterocycles. The predicted molar refractivity (Wildman–Crippen MR) is 106 cm³/mol. The van der Waals surface area contributed by atoms with E-state index in [9.17, 15) is 14.4 Å². The molecule has 9 nitrogen and oxygen atoms in total. The molecule has 0 bridgehead atoms. The van der Waals surface area contributed by atoms with Crippen molar-refractivity contribution in [3.63, 3.8) is 0 Å². The van der Waals surface area contributed by atoms with Crippen LogP contribution in [0.4, 0.5) is 4.79 Å². The first-order valence-corrected chi connectivity index (χ1v) is 10.1. The standard InChI is InChI=1S/C21H24N4O5/c1-2-29-21(28)24-10-8-23(9-11-24)19(26)16-14-25(20(27)17-6-4-12-30-17)13-15-5-3-7-22-18(15)16/h3-7,12,16H,2,8-11,13-14H2,1H3. The van der Waals surface area contributed by atoms with Crippen LogP contribution >= 0.6 is 0 Å². The third-order valence-corrected chi connectivity index (χ3v) is 5.45. The number of hydrogen-bond donors (Lipinski definition) is 0. The average molecular weight is 412 g/mol. The molecule has 4 rings (SSSR count). The van der Waals surface area contributed by atoms with E-state index in [2.05, 4.69) is 4.98 Å². The van der Waals surface area contributed by atoms with Gasteiger partial charge in [-0.15, -0.1) is 0 Å². The number of ether oxygens (including phenoxy) is 1. The number of hydrogen-bond acceptors (Lipinski definition) is 6. The Labute approximate surface area is 174 Å². The van der Waals surface area contributed by atoms with Crippen molar-refractivity contribution < 1.29 is 23.5 Å². The zero-order chi connectivity index (χ0) is 21.1. The number of carbonyl (C=O) groups is 3. The normalized spacial score (nSPS) is 18.7. The number of furan rings is 1. The molecule has 1 saturated heterocycles. The van der Waals surface area contributed by atoms with E-state index in [0.29, 0.717) is 45.0 Å². The van der Waals surface area contributed by atoms with Crippen molar-refractivity contribution in [2.75, 3.05) is 39.3 Å². The van der Waals surface area contributed by atoms with Crippen molar-refractivity contribution >= 4 is 17.9 Å². The molecule has 0 spiro atoms. The van der Waals surface area contributed by atoms with Gasteiger partial charge in [0, 0.05) is 45.5 Å². The van der Waals surface area contributed by atoms with Gasteiger partial charge in [0.1, 0.15) is 0 Å². The molecule has 3 amide bonds. The Kier molecular flexibility index (Phi) is 5.69. The van der Waals surface area contributed by atoms with Crippen LogP contribution in [-0.2, 0) is 16.1 Å². The number of pyridine rings is 1. The van der Waals surface area contributed by atoms with Crippen molar-refractivity contribution in [1.29, 1.82) is 0 Å². The van der Waals surface area contributed by atoms with Gasteiger partial charge in [-0.1, -0.05) is 6.07 Å². The number of amides is 3. The zero-order valence-corrected chi connectivity index (χ0v) is 16.8. The summed E-state index contributed by atoms with van der Waals surface area (Å²) < 4.78 is 10.3. The minimum absolute atomic E-state index is 0.0876. The summed E-state index contributed by atoms with van der Waals surface area (Å²) in [5.41, 5.74) is 1.56. The Bertz CT molecular complexity index is 921. The third kappa shape index (κ3) is 3.87. The molecule has 1 atom stereocenters. The summed E-state index contributed by atoms with van der Waals surface area (Å²) in [6, 6.07) is 6.98. The van der Waals surface area contributed by atoms with Gasteiger partial charge in [-0.3, -0.25) is 14.6 Å². The molecule has 0 N–H and O–H groups in total. The Morgan fingerprint density at radius 3 is 2.57 bits per heavy atom. The van der Waals surface area contributed by atoms with Crippen LogP contribution in [0.25, 0.3) is 0 Å². The molecule has 0 aliphatic carbocycles. The minimum Gasteiger partial charge on any atom is -0.459 e. The molecular formula is C21H24N4O5. The second kappa shape index (κ2) is 8.56. The summed E-state index contributed by atoms with van der Waals surface area (Å²) in [6.07, 6.45) is 2.77. The highest BCUT2D eigenvalue weighted by atomic mass is 16.6. The van der Waals surface area contributed by atoms with Crippen LogP contribution in [0.15, 0.2) is 41.1 Å². The summed E-state index contributed by atoms with van der Waals surface area (Å²) in [4.78, 5) is 47.5. The highest BCUT2D eigenvalue weighted by molar-refractivity contribution is 5.93. The molecule has 1 fully saturated rings. The molecule has 0 saturated carbocycles. The number of piperazine rings is 1. The van der Waals surface area contributed by atoms with Crippen LogP contribution in [0.5, 0.6) is 0 Å². The van der Waals surface area contributed by atoms with Gasteiger partial charge in [0.25, 0.3) is 5.91 Å². The fourth-order valence-corrected chi connectivity index (χ4v) is 3.93. The van der Waals surface area contributed by atoms with Crippen LogP contribution in [-0.4, -0.2) is 76.9 Å². The molecule has 2 aliphatic heterocycles. The van der Waals surface area contributed by atoms with Gasteiger partial charge in [0.05, 0.1) is 24.5 Å². The maximum atomic E-state index is 13.4. The first-order chi connectivity index (χ1) is 14.6. The van der Waals surface area contributed by atoms with Gasteiger partial charge in [-0.25, -0.2) is 4.79 Å². The summed E-state index contributed by atoms with van der Waals surface area (Å²) in [7, 11) is 0. The Hall–Kier alpha value is -3.36. The van der Waals surface area contributed by atoms with Crippen LogP contribution in [0.2, 0.25) is 0 Å². The number of nitrogens with zero attached hydrogens (tertiary/aromatic N) is 4. The van der Waals surface area contributed by atoms with Crippen LogP contribution in [0.1, 0.15) is 34.7 Å². The Balaban J connectivity index is 1.50. The second-order valence-corrected chi connectivity index (χ2v) is 7.27. The van der Waals surface area contributed by atoms with Crippen molar-refractivity contribution in [3.05, 3.63) is 53.7 Å². The van der Waals surface area contributed by atoms with E-state index in [1.165, 1.54) is 6.26 Å². The molecule has 0 radical (unpaired) electrons. The fourth-order valence-electron chi connectivity index (χ4n) is 3.93. The molecule has 2 aromatic rings. The van der Waals surface area contributed by atoms with Crippen LogP contribution in [0, 0.1) is 0 Å². The summed E-state index contributed by atoms with van der Waals surface area (Å²) in [5, 5.41) is 0. The van der Waals surface area contributed by atoms with Crippen molar-refractivity contribution in [3.8, 4) is 0 Å². The minimum atomic E-state index is -0.553.